The Bertz CT molecular complexity index is 294. The number of nitrogens with two attached hydrogens (primary N) is 3. The number of anilines is 2. The molecule has 12 heavy (non-hydrogen) atoms. The van der Waals surface area contributed by atoms with Gasteiger partial charge in [-0.1, -0.05) is 6.08 Å². The van der Waals surface area contributed by atoms with Crippen molar-refractivity contribution in [2.45, 2.75) is 6.04 Å². The molecular weight excluding hydrogens is 150 g/mol. The van der Waals surface area contributed by atoms with Crippen LogP contribution in [0.25, 0.3) is 0 Å². The van der Waals surface area contributed by atoms with Crippen LogP contribution in [0.15, 0.2) is 30.9 Å². The molecule has 1 rings (SSSR count). The molecule has 0 fully saturated rings. The highest BCUT2D eigenvalue weighted by Gasteiger charge is 2.05. The predicted molar refractivity (Wildman–Crippen MR) is 52.4 cm³/mol. The molecule has 6 N–H and O–H groups in total. The van der Waals surface area contributed by atoms with E-state index in [2.05, 4.69) is 6.58 Å². The minimum Gasteiger partial charge on any atom is -0.399 e. The molecule has 1 unspecified atom stereocenters. The minimum absolute atomic E-state index is 0.242. The Labute approximate surface area is 71.9 Å². The van der Waals surface area contributed by atoms with E-state index in [0.717, 1.165) is 5.56 Å². The monoisotopic (exact) mass is 163 g/mol. The van der Waals surface area contributed by atoms with Crippen LogP contribution < -0.4 is 17.2 Å². The van der Waals surface area contributed by atoms with Crippen molar-refractivity contribution in [3.05, 3.63) is 36.4 Å². The summed E-state index contributed by atoms with van der Waals surface area (Å²) in [6.07, 6.45) is 1.63. The van der Waals surface area contributed by atoms with E-state index in [1.807, 2.05) is 0 Å². The van der Waals surface area contributed by atoms with E-state index in [1.54, 1.807) is 24.3 Å². The Kier molecular flexibility index (Phi) is 2.35. The summed E-state index contributed by atoms with van der Waals surface area (Å²) in [7, 11) is 0. The van der Waals surface area contributed by atoms with E-state index in [1.165, 1.54) is 0 Å². The first kappa shape index (κ1) is 8.62. The van der Waals surface area contributed by atoms with Crippen molar-refractivity contribution in [1.29, 1.82) is 0 Å². The van der Waals surface area contributed by atoms with Gasteiger partial charge in [0.25, 0.3) is 0 Å². The van der Waals surface area contributed by atoms with Gasteiger partial charge in [-0.3, -0.25) is 0 Å². The van der Waals surface area contributed by atoms with Crippen LogP contribution in [0, 0.1) is 0 Å². The van der Waals surface area contributed by atoms with Gasteiger partial charge in [0, 0.05) is 17.4 Å². The van der Waals surface area contributed by atoms with Crippen molar-refractivity contribution >= 4 is 11.4 Å². The van der Waals surface area contributed by atoms with Crippen LogP contribution in [0.5, 0.6) is 0 Å². The van der Waals surface area contributed by atoms with E-state index in [9.17, 15) is 0 Å². The van der Waals surface area contributed by atoms with E-state index in [-0.39, 0.29) is 6.04 Å². The van der Waals surface area contributed by atoms with Crippen LogP contribution in [0.2, 0.25) is 0 Å². The van der Waals surface area contributed by atoms with Crippen molar-refractivity contribution in [3.8, 4) is 0 Å². The lowest BCUT2D eigenvalue weighted by Gasteiger charge is -2.10. The first-order valence-corrected chi connectivity index (χ1v) is 3.68. The lowest BCUT2D eigenvalue weighted by Crippen LogP contribution is -2.09. The first-order chi connectivity index (χ1) is 5.65. The smallest absolute Gasteiger partial charge is 0.0499 e. The summed E-state index contributed by atoms with van der Waals surface area (Å²) in [4.78, 5) is 0. The third-order valence-corrected chi connectivity index (χ3v) is 1.72. The lowest BCUT2D eigenvalue weighted by molar-refractivity contribution is 0.918. The Morgan fingerprint density at radius 3 is 2.58 bits per heavy atom. The Balaban J connectivity index is 3.12. The van der Waals surface area contributed by atoms with Crippen molar-refractivity contribution < 1.29 is 0 Å². The molecule has 0 aliphatic carbocycles. The summed E-state index contributed by atoms with van der Waals surface area (Å²) >= 11 is 0. The topological polar surface area (TPSA) is 78.1 Å². The minimum atomic E-state index is -0.242. The van der Waals surface area contributed by atoms with Gasteiger partial charge in [0.1, 0.15) is 0 Å². The lowest BCUT2D eigenvalue weighted by atomic mass is 10.1. The number of nitrogen functional groups attached to an aromatic ring is 2. The summed E-state index contributed by atoms with van der Waals surface area (Å²) in [5, 5.41) is 0. The van der Waals surface area contributed by atoms with Gasteiger partial charge in [0.15, 0.2) is 0 Å². The third kappa shape index (κ3) is 1.57. The van der Waals surface area contributed by atoms with Crippen molar-refractivity contribution in [1.82, 2.24) is 0 Å². The molecular formula is C9H13N3. The summed E-state index contributed by atoms with van der Waals surface area (Å²) in [6, 6.07) is 5.01. The fraction of sp³-hybridized carbons (Fsp3) is 0.111. The second-order valence-corrected chi connectivity index (χ2v) is 2.65. The standard InChI is InChI=1S/C9H13N3/c1-2-8(11)7-5-6(10)3-4-9(7)12/h2-5,8H,1,10-12H2. The van der Waals surface area contributed by atoms with Crippen molar-refractivity contribution in [3.63, 3.8) is 0 Å². The molecule has 0 amide bonds. The highest BCUT2D eigenvalue weighted by atomic mass is 14.7. The normalized spacial score (nSPS) is 12.4. The quantitative estimate of drug-likeness (QED) is 0.450. The molecule has 1 aromatic carbocycles. The maximum Gasteiger partial charge on any atom is 0.0499 e. The molecule has 0 bridgehead atoms. The molecule has 0 aromatic heterocycles. The van der Waals surface area contributed by atoms with E-state index >= 15 is 0 Å². The zero-order chi connectivity index (χ0) is 9.14. The molecule has 3 heteroatoms. The predicted octanol–water partition coefficient (Wildman–Crippen LogP) is 1.04. The average Bonchev–Trinajstić information content (AvgIpc) is 2.08. The van der Waals surface area contributed by atoms with Crippen LogP contribution in [-0.2, 0) is 0 Å². The van der Waals surface area contributed by atoms with Gasteiger partial charge in [0.05, 0.1) is 0 Å². The Morgan fingerprint density at radius 2 is 2.00 bits per heavy atom. The van der Waals surface area contributed by atoms with Crippen LogP contribution in [0.3, 0.4) is 0 Å². The molecule has 0 spiro atoms. The average molecular weight is 163 g/mol. The van der Waals surface area contributed by atoms with Crippen LogP contribution in [-0.4, -0.2) is 0 Å². The molecule has 0 saturated carbocycles. The summed E-state index contributed by atoms with van der Waals surface area (Å²) < 4.78 is 0. The molecule has 0 aliphatic rings. The molecule has 64 valence electrons. The first-order valence-electron chi connectivity index (χ1n) is 3.68. The van der Waals surface area contributed by atoms with Gasteiger partial charge in [-0.15, -0.1) is 6.58 Å². The molecule has 0 heterocycles. The maximum absolute atomic E-state index is 5.71. The number of hydrogen-bond acceptors (Lipinski definition) is 3. The summed E-state index contributed by atoms with van der Waals surface area (Å²) in [5.74, 6) is 0. The maximum atomic E-state index is 5.71. The second-order valence-electron chi connectivity index (χ2n) is 2.65. The fourth-order valence-corrected chi connectivity index (χ4v) is 1.01. The summed E-state index contributed by atoms with van der Waals surface area (Å²) in [5.41, 5.74) is 19.1. The highest BCUT2D eigenvalue weighted by Crippen LogP contribution is 2.21. The second kappa shape index (κ2) is 3.28. The van der Waals surface area contributed by atoms with Crippen LogP contribution in [0.4, 0.5) is 11.4 Å². The van der Waals surface area contributed by atoms with Gasteiger partial charge < -0.3 is 17.2 Å². The molecule has 0 aliphatic heterocycles. The van der Waals surface area contributed by atoms with Gasteiger partial charge in [-0.05, 0) is 23.8 Å². The van der Waals surface area contributed by atoms with E-state index < -0.39 is 0 Å². The summed E-state index contributed by atoms with van der Waals surface area (Å²) in [6.45, 7) is 3.59. The molecule has 1 aromatic rings. The van der Waals surface area contributed by atoms with E-state index in [0.29, 0.717) is 11.4 Å². The van der Waals surface area contributed by atoms with Crippen LogP contribution >= 0.6 is 0 Å². The Morgan fingerprint density at radius 1 is 1.33 bits per heavy atom. The Hall–Kier alpha value is -1.48. The van der Waals surface area contributed by atoms with Crippen molar-refractivity contribution in [2.24, 2.45) is 5.73 Å². The highest BCUT2D eigenvalue weighted by molar-refractivity contribution is 5.57. The largest absolute Gasteiger partial charge is 0.399 e. The van der Waals surface area contributed by atoms with Crippen LogP contribution in [0.1, 0.15) is 11.6 Å². The zero-order valence-corrected chi connectivity index (χ0v) is 6.83. The fourth-order valence-electron chi connectivity index (χ4n) is 1.01. The number of benzene rings is 1. The number of rotatable bonds is 2. The zero-order valence-electron chi connectivity index (χ0n) is 6.83. The van der Waals surface area contributed by atoms with Gasteiger partial charge in [0.2, 0.25) is 0 Å². The number of hydrogen-bond donors (Lipinski definition) is 3. The van der Waals surface area contributed by atoms with Gasteiger partial charge in [-0.25, -0.2) is 0 Å². The van der Waals surface area contributed by atoms with E-state index in [4.69, 9.17) is 17.2 Å². The van der Waals surface area contributed by atoms with Gasteiger partial charge in [-0.2, -0.15) is 0 Å². The molecule has 0 radical (unpaired) electrons. The molecule has 3 nitrogen and oxygen atoms in total. The molecule has 1 atom stereocenters. The molecule has 0 saturated heterocycles. The van der Waals surface area contributed by atoms with Gasteiger partial charge >= 0.3 is 0 Å². The third-order valence-electron chi connectivity index (χ3n) is 1.72. The SMILES string of the molecule is C=CC(N)c1cc(N)ccc1N. The van der Waals surface area contributed by atoms with Crippen molar-refractivity contribution in [2.75, 3.05) is 11.5 Å².